The number of carbonyl (C=O) groups is 3. The maximum Gasteiger partial charge on any atom is 0.321 e. The van der Waals surface area contributed by atoms with Crippen molar-refractivity contribution in [3.8, 4) is 0 Å². The van der Waals surface area contributed by atoms with Crippen molar-refractivity contribution in [2.75, 3.05) is 19.6 Å². The Morgan fingerprint density at radius 3 is 2.75 bits per heavy atom. The van der Waals surface area contributed by atoms with E-state index in [1.807, 2.05) is 11.8 Å². The Hall–Kier alpha value is -1.63. The smallest absolute Gasteiger partial charge is 0.321 e. The van der Waals surface area contributed by atoms with Crippen molar-refractivity contribution >= 4 is 17.9 Å². The molecule has 1 unspecified atom stereocenters. The van der Waals surface area contributed by atoms with Gasteiger partial charge in [-0.3, -0.25) is 19.8 Å². The third-order valence-electron chi connectivity index (χ3n) is 3.32. The zero-order chi connectivity index (χ0) is 15.0. The number of hydrogen-bond donors (Lipinski definition) is 3. The van der Waals surface area contributed by atoms with Crippen LogP contribution in [0.2, 0.25) is 0 Å². The molecule has 1 atom stereocenters. The van der Waals surface area contributed by atoms with Crippen LogP contribution in [0, 0.1) is 0 Å². The fraction of sp³-hybridized carbons (Fsp3) is 0.769. The zero-order valence-electron chi connectivity index (χ0n) is 11.9. The summed E-state index contributed by atoms with van der Waals surface area (Å²) in [5.74, 6) is -1.25. The monoisotopic (exact) mass is 285 g/mol. The molecule has 1 aliphatic heterocycles. The normalized spacial score (nSPS) is 18.8. The number of carboxylic acids is 1. The first kappa shape index (κ1) is 16.4. The van der Waals surface area contributed by atoms with Gasteiger partial charge in [0.15, 0.2) is 0 Å². The molecule has 1 rings (SSSR count). The van der Waals surface area contributed by atoms with Crippen LogP contribution in [0.1, 0.15) is 39.0 Å². The van der Waals surface area contributed by atoms with Crippen LogP contribution in [0.4, 0.5) is 4.79 Å². The van der Waals surface area contributed by atoms with E-state index in [9.17, 15) is 14.4 Å². The summed E-state index contributed by atoms with van der Waals surface area (Å²) in [5, 5.41) is 13.7. The van der Waals surface area contributed by atoms with Gasteiger partial charge in [0, 0.05) is 12.6 Å². The Morgan fingerprint density at radius 2 is 2.10 bits per heavy atom. The molecule has 0 aromatic heterocycles. The summed E-state index contributed by atoms with van der Waals surface area (Å²) in [5.41, 5.74) is 0. The molecule has 7 nitrogen and oxygen atoms in total. The minimum Gasteiger partial charge on any atom is -0.481 e. The van der Waals surface area contributed by atoms with E-state index in [0.29, 0.717) is 13.1 Å². The van der Waals surface area contributed by atoms with Gasteiger partial charge >= 0.3 is 12.0 Å². The molecule has 1 aliphatic rings. The lowest BCUT2D eigenvalue weighted by atomic mass is 10.1. The number of carbonyl (C=O) groups excluding carboxylic acids is 2. The van der Waals surface area contributed by atoms with Crippen LogP contribution in [0.5, 0.6) is 0 Å². The number of likely N-dealkylation sites (tertiary alicyclic amines) is 1. The number of urea groups is 1. The Balaban J connectivity index is 2.30. The molecule has 114 valence electrons. The third kappa shape index (κ3) is 6.01. The highest BCUT2D eigenvalue weighted by Crippen LogP contribution is 2.19. The number of amides is 3. The van der Waals surface area contributed by atoms with Crippen LogP contribution < -0.4 is 10.6 Å². The largest absolute Gasteiger partial charge is 0.481 e. The van der Waals surface area contributed by atoms with Crippen molar-refractivity contribution in [1.82, 2.24) is 15.5 Å². The fourth-order valence-electron chi connectivity index (χ4n) is 2.31. The molecule has 1 fully saturated rings. The summed E-state index contributed by atoms with van der Waals surface area (Å²) in [6.07, 6.45) is 3.54. The van der Waals surface area contributed by atoms with Crippen molar-refractivity contribution < 1.29 is 19.5 Å². The second-order valence-corrected chi connectivity index (χ2v) is 5.02. The second-order valence-electron chi connectivity index (χ2n) is 5.02. The van der Waals surface area contributed by atoms with Gasteiger partial charge in [-0.1, -0.05) is 13.3 Å². The molecular weight excluding hydrogens is 262 g/mol. The third-order valence-corrected chi connectivity index (χ3v) is 3.32. The predicted octanol–water partition coefficient (Wildman–Crippen LogP) is 0.551. The highest BCUT2D eigenvalue weighted by molar-refractivity contribution is 5.95. The number of nitrogens with zero attached hydrogens (tertiary/aromatic N) is 1. The van der Waals surface area contributed by atoms with Gasteiger partial charge in [-0.25, -0.2) is 4.79 Å². The number of imide groups is 1. The number of aliphatic carboxylic acids is 1. The first-order chi connectivity index (χ1) is 9.52. The van der Waals surface area contributed by atoms with Gasteiger partial charge in [-0.15, -0.1) is 0 Å². The van der Waals surface area contributed by atoms with Crippen molar-refractivity contribution in [2.45, 2.75) is 45.1 Å². The van der Waals surface area contributed by atoms with Crippen molar-refractivity contribution in [1.29, 1.82) is 0 Å². The van der Waals surface area contributed by atoms with Crippen LogP contribution >= 0.6 is 0 Å². The Bertz CT molecular complexity index is 360. The van der Waals surface area contributed by atoms with E-state index >= 15 is 0 Å². The first-order valence-electron chi connectivity index (χ1n) is 7.06. The predicted molar refractivity (Wildman–Crippen MR) is 73.3 cm³/mol. The molecule has 20 heavy (non-hydrogen) atoms. The average molecular weight is 285 g/mol. The van der Waals surface area contributed by atoms with Crippen LogP contribution in [-0.4, -0.2) is 53.6 Å². The van der Waals surface area contributed by atoms with Gasteiger partial charge in [-0.05, 0) is 25.8 Å². The molecule has 0 radical (unpaired) electrons. The molecule has 3 amide bonds. The summed E-state index contributed by atoms with van der Waals surface area (Å²) in [6, 6.07) is -0.598. The van der Waals surface area contributed by atoms with E-state index in [1.165, 1.54) is 0 Å². The molecule has 0 aromatic rings. The van der Waals surface area contributed by atoms with Crippen molar-refractivity contribution in [2.24, 2.45) is 0 Å². The van der Waals surface area contributed by atoms with Crippen LogP contribution in [-0.2, 0) is 9.59 Å². The van der Waals surface area contributed by atoms with E-state index in [-0.39, 0.29) is 19.0 Å². The van der Waals surface area contributed by atoms with Gasteiger partial charge in [0.05, 0.1) is 13.0 Å². The summed E-state index contributed by atoms with van der Waals surface area (Å²) in [6.45, 7) is 3.32. The minimum atomic E-state index is -0.861. The molecule has 1 saturated heterocycles. The van der Waals surface area contributed by atoms with Gasteiger partial charge in [-0.2, -0.15) is 0 Å². The lowest BCUT2D eigenvalue weighted by Crippen LogP contribution is -2.46. The summed E-state index contributed by atoms with van der Waals surface area (Å²) < 4.78 is 0. The van der Waals surface area contributed by atoms with Crippen LogP contribution in [0.3, 0.4) is 0 Å². The molecule has 0 aromatic carbocycles. The van der Waals surface area contributed by atoms with Gasteiger partial charge in [0.1, 0.15) is 0 Å². The highest BCUT2D eigenvalue weighted by atomic mass is 16.4. The van der Waals surface area contributed by atoms with E-state index in [1.54, 1.807) is 0 Å². The molecule has 1 heterocycles. The lowest BCUT2D eigenvalue weighted by Gasteiger charge is -2.22. The van der Waals surface area contributed by atoms with Crippen molar-refractivity contribution in [3.63, 3.8) is 0 Å². The Kier molecular flexibility index (Phi) is 7.00. The Labute approximate surface area is 118 Å². The standard InChI is InChI=1S/C13H23N3O4/c1-2-3-6-14-13(20)15-11(17)9-16-7-4-5-10(16)8-12(18)19/h10H,2-9H2,1H3,(H,18,19)(H2,14,15,17,20). The summed E-state index contributed by atoms with van der Waals surface area (Å²) in [4.78, 5) is 35.7. The number of hydrogen-bond acceptors (Lipinski definition) is 4. The molecule has 7 heteroatoms. The SMILES string of the molecule is CCCCNC(=O)NC(=O)CN1CCCC1CC(=O)O. The van der Waals surface area contributed by atoms with Crippen LogP contribution in [0.25, 0.3) is 0 Å². The molecule has 0 saturated carbocycles. The number of nitrogens with one attached hydrogen (secondary N) is 2. The summed E-state index contributed by atoms with van der Waals surface area (Å²) in [7, 11) is 0. The van der Waals surface area contributed by atoms with Crippen molar-refractivity contribution in [3.05, 3.63) is 0 Å². The lowest BCUT2D eigenvalue weighted by molar-refractivity contribution is -0.138. The second kappa shape index (κ2) is 8.52. The maximum atomic E-state index is 11.7. The molecular formula is C13H23N3O4. The van der Waals surface area contributed by atoms with Gasteiger partial charge in [0.25, 0.3) is 0 Å². The minimum absolute atomic E-state index is 0.0377. The Morgan fingerprint density at radius 1 is 1.35 bits per heavy atom. The van der Waals surface area contributed by atoms with E-state index in [2.05, 4.69) is 10.6 Å². The van der Waals surface area contributed by atoms with E-state index < -0.39 is 17.9 Å². The molecule has 3 N–H and O–H groups in total. The topological polar surface area (TPSA) is 98.7 Å². The molecule has 0 aliphatic carbocycles. The fourth-order valence-corrected chi connectivity index (χ4v) is 2.31. The molecule has 0 spiro atoms. The van der Waals surface area contributed by atoms with Gasteiger partial charge < -0.3 is 10.4 Å². The quantitative estimate of drug-likeness (QED) is 0.593. The van der Waals surface area contributed by atoms with Crippen LogP contribution in [0.15, 0.2) is 0 Å². The number of unbranched alkanes of at least 4 members (excludes halogenated alkanes) is 1. The number of carboxylic acid groups (broad SMARTS) is 1. The molecule has 0 bridgehead atoms. The van der Waals surface area contributed by atoms with Gasteiger partial charge in [0.2, 0.25) is 5.91 Å². The highest BCUT2D eigenvalue weighted by Gasteiger charge is 2.28. The summed E-state index contributed by atoms with van der Waals surface area (Å²) >= 11 is 0. The first-order valence-corrected chi connectivity index (χ1v) is 7.06. The zero-order valence-corrected chi connectivity index (χ0v) is 11.9. The number of rotatable bonds is 7. The maximum absolute atomic E-state index is 11.7. The van der Waals surface area contributed by atoms with E-state index in [4.69, 9.17) is 5.11 Å². The van der Waals surface area contributed by atoms with E-state index in [0.717, 1.165) is 25.7 Å². The average Bonchev–Trinajstić information content (AvgIpc) is 2.75.